The molecule has 1 aromatic heterocycles. The van der Waals surface area contributed by atoms with Gasteiger partial charge >= 0.3 is 0 Å². The molecule has 1 rings (SSSR count). The molecule has 0 saturated heterocycles. The van der Waals surface area contributed by atoms with Gasteiger partial charge in [0.15, 0.2) is 15.0 Å². The Labute approximate surface area is 98.8 Å². The maximum Gasteiger partial charge on any atom is 0.244 e. The van der Waals surface area contributed by atoms with Gasteiger partial charge in [-0.3, -0.25) is 4.79 Å². The van der Waals surface area contributed by atoms with E-state index in [1.54, 1.807) is 25.4 Å². The Morgan fingerprint density at radius 1 is 1.44 bits per heavy atom. The van der Waals surface area contributed by atoms with E-state index in [0.717, 1.165) is 0 Å². The number of carbonyl (C=O) groups excluding carboxylic acids is 1. The molecular weight excluding hydrogens is 248 g/mol. The van der Waals surface area contributed by atoms with Crippen LogP contribution in [0.15, 0.2) is 11.6 Å². The summed E-state index contributed by atoms with van der Waals surface area (Å²) < 4.78 is 23.4. The zero-order chi connectivity index (χ0) is 12.3. The van der Waals surface area contributed by atoms with Gasteiger partial charge in [-0.15, -0.1) is 11.3 Å². The Kier molecular flexibility index (Phi) is 4.03. The van der Waals surface area contributed by atoms with Gasteiger partial charge in [0.2, 0.25) is 5.91 Å². The molecule has 1 unspecified atom stereocenters. The monoisotopic (exact) mass is 262 g/mol. The molecule has 7 heteroatoms. The zero-order valence-electron chi connectivity index (χ0n) is 9.30. The molecule has 90 valence electrons. The third kappa shape index (κ3) is 2.79. The molecule has 0 bridgehead atoms. The zero-order valence-corrected chi connectivity index (χ0v) is 10.9. The van der Waals surface area contributed by atoms with Crippen LogP contribution in [0.2, 0.25) is 0 Å². The molecular formula is C9H14N2O3S2. The molecule has 0 fully saturated rings. The Morgan fingerprint density at radius 2 is 2.06 bits per heavy atom. The van der Waals surface area contributed by atoms with Crippen LogP contribution in [0.4, 0.5) is 5.13 Å². The van der Waals surface area contributed by atoms with Crippen molar-refractivity contribution >= 4 is 32.2 Å². The minimum atomic E-state index is -3.41. The van der Waals surface area contributed by atoms with Crippen molar-refractivity contribution in [2.75, 3.05) is 5.32 Å². The maximum atomic E-state index is 11.7. The van der Waals surface area contributed by atoms with Crippen molar-refractivity contribution in [1.82, 2.24) is 4.98 Å². The number of nitrogens with one attached hydrogen (secondary N) is 1. The van der Waals surface area contributed by atoms with E-state index in [0.29, 0.717) is 5.13 Å². The van der Waals surface area contributed by atoms with Crippen LogP contribution >= 0.6 is 11.3 Å². The van der Waals surface area contributed by atoms with E-state index in [1.807, 2.05) is 0 Å². The van der Waals surface area contributed by atoms with Gasteiger partial charge in [0.05, 0.1) is 5.25 Å². The summed E-state index contributed by atoms with van der Waals surface area (Å²) in [5.74, 6) is -0.538. The summed E-state index contributed by atoms with van der Waals surface area (Å²) in [6.07, 6.45) is 1.54. The van der Waals surface area contributed by atoms with Gasteiger partial charge in [0.25, 0.3) is 0 Å². The number of anilines is 1. The minimum absolute atomic E-state index is 0.413. The summed E-state index contributed by atoms with van der Waals surface area (Å²) in [5.41, 5.74) is 0. The van der Waals surface area contributed by atoms with Crippen LogP contribution in [-0.2, 0) is 14.6 Å². The number of sulfone groups is 1. The Balaban J connectivity index is 2.76. The number of aromatic nitrogens is 1. The molecule has 0 radical (unpaired) electrons. The minimum Gasteiger partial charge on any atom is -0.301 e. The average Bonchev–Trinajstić information content (AvgIpc) is 2.68. The maximum absolute atomic E-state index is 11.7. The molecule has 0 aliphatic carbocycles. The molecule has 0 saturated carbocycles. The molecule has 1 amide bonds. The molecule has 0 spiro atoms. The van der Waals surface area contributed by atoms with Crippen LogP contribution in [0.25, 0.3) is 0 Å². The van der Waals surface area contributed by atoms with Crippen LogP contribution in [-0.4, -0.2) is 29.8 Å². The smallest absolute Gasteiger partial charge is 0.244 e. The van der Waals surface area contributed by atoms with Crippen LogP contribution in [0.3, 0.4) is 0 Å². The molecule has 1 heterocycles. The lowest BCUT2D eigenvalue weighted by atomic mass is 10.4. The van der Waals surface area contributed by atoms with Crippen molar-refractivity contribution in [3.05, 3.63) is 11.6 Å². The largest absolute Gasteiger partial charge is 0.301 e. The molecule has 1 N–H and O–H groups in total. The molecule has 0 aromatic carbocycles. The van der Waals surface area contributed by atoms with Crippen molar-refractivity contribution < 1.29 is 13.2 Å². The van der Waals surface area contributed by atoms with Gasteiger partial charge in [-0.2, -0.15) is 0 Å². The summed E-state index contributed by atoms with van der Waals surface area (Å²) >= 11 is 1.25. The first kappa shape index (κ1) is 13.1. The van der Waals surface area contributed by atoms with Crippen molar-refractivity contribution in [3.8, 4) is 0 Å². The van der Waals surface area contributed by atoms with E-state index in [4.69, 9.17) is 0 Å². The highest BCUT2D eigenvalue weighted by Crippen LogP contribution is 2.14. The number of hydrogen-bond acceptors (Lipinski definition) is 5. The summed E-state index contributed by atoms with van der Waals surface area (Å²) in [4.78, 5) is 15.5. The number of rotatable bonds is 4. The van der Waals surface area contributed by atoms with E-state index in [-0.39, 0.29) is 0 Å². The molecule has 16 heavy (non-hydrogen) atoms. The molecule has 0 aliphatic heterocycles. The molecule has 1 atom stereocenters. The molecule has 1 aromatic rings. The second kappa shape index (κ2) is 4.92. The highest BCUT2D eigenvalue weighted by molar-refractivity contribution is 7.93. The first-order valence-corrected chi connectivity index (χ1v) is 7.27. The van der Waals surface area contributed by atoms with E-state index < -0.39 is 26.2 Å². The fraction of sp³-hybridized carbons (Fsp3) is 0.556. The highest BCUT2D eigenvalue weighted by atomic mass is 32.2. The molecule has 0 aliphatic rings. The summed E-state index contributed by atoms with van der Waals surface area (Å²) in [6.45, 7) is 4.50. The number of hydrogen-bond donors (Lipinski definition) is 1. The fourth-order valence-electron chi connectivity index (χ4n) is 1.05. The lowest BCUT2D eigenvalue weighted by Crippen LogP contribution is -2.36. The third-order valence-electron chi connectivity index (χ3n) is 2.18. The normalized spacial score (nSPS) is 13.8. The predicted octanol–water partition coefficient (Wildman–Crippen LogP) is 1.29. The first-order valence-electron chi connectivity index (χ1n) is 4.78. The lowest BCUT2D eigenvalue weighted by Gasteiger charge is -2.14. The van der Waals surface area contributed by atoms with Crippen LogP contribution in [0.5, 0.6) is 0 Å². The number of carbonyl (C=O) groups is 1. The van der Waals surface area contributed by atoms with Gasteiger partial charge < -0.3 is 5.32 Å². The lowest BCUT2D eigenvalue weighted by molar-refractivity contribution is -0.115. The van der Waals surface area contributed by atoms with E-state index in [2.05, 4.69) is 10.3 Å². The number of thiazole rings is 1. The van der Waals surface area contributed by atoms with Gasteiger partial charge in [0.1, 0.15) is 5.25 Å². The Hall–Kier alpha value is -0.950. The van der Waals surface area contributed by atoms with E-state index in [9.17, 15) is 13.2 Å². The van der Waals surface area contributed by atoms with Gasteiger partial charge in [0, 0.05) is 11.6 Å². The summed E-state index contributed by atoms with van der Waals surface area (Å²) in [5, 5.41) is 2.97. The van der Waals surface area contributed by atoms with Gasteiger partial charge in [-0.1, -0.05) is 0 Å². The Bertz CT molecular complexity index is 451. The van der Waals surface area contributed by atoms with E-state index >= 15 is 0 Å². The quantitative estimate of drug-likeness (QED) is 0.887. The second-order valence-corrected chi connectivity index (χ2v) is 7.33. The topological polar surface area (TPSA) is 76.1 Å². The predicted molar refractivity (Wildman–Crippen MR) is 64.3 cm³/mol. The van der Waals surface area contributed by atoms with Crippen LogP contribution < -0.4 is 5.32 Å². The van der Waals surface area contributed by atoms with Crippen molar-refractivity contribution in [2.45, 2.75) is 31.3 Å². The highest BCUT2D eigenvalue weighted by Gasteiger charge is 2.30. The van der Waals surface area contributed by atoms with Gasteiger partial charge in [-0.05, 0) is 20.8 Å². The Morgan fingerprint density at radius 3 is 2.50 bits per heavy atom. The number of amides is 1. The fourth-order valence-corrected chi connectivity index (χ4v) is 2.76. The summed E-state index contributed by atoms with van der Waals surface area (Å²) in [7, 11) is -3.41. The first-order chi connectivity index (χ1) is 7.35. The molecule has 5 nitrogen and oxygen atoms in total. The second-order valence-electron chi connectivity index (χ2n) is 3.61. The third-order valence-corrected chi connectivity index (χ3v) is 5.38. The standard InChI is InChI=1S/C9H14N2O3S2/c1-6(2)16(13,14)7(3)8(12)11-9-10-4-5-15-9/h4-7H,1-3H3,(H,10,11,12). The van der Waals surface area contributed by atoms with E-state index in [1.165, 1.54) is 18.3 Å². The SMILES string of the molecule is CC(C)S(=O)(=O)C(C)C(=O)Nc1nccs1. The van der Waals surface area contributed by atoms with Crippen LogP contribution in [0, 0.1) is 0 Å². The summed E-state index contributed by atoms with van der Waals surface area (Å²) in [6, 6.07) is 0. The average molecular weight is 262 g/mol. The van der Waals surface area contributed by atoms with Crippen molar-refractivity contribution in [3.63, 3.8) is 0 Å². The van der Waals surface area contributed by atoms with Crippen molar-refractivity contribution in [1.29, 1.82) is 0 Å². The van der Waals surface area contributed by atoms with Crippen molar-refractivity contribution in [2.24, 2.45) is 0 Å². The van der Waals surface area contributed by atoms with Crippen LogP contribution in [0.1, 0.15) is 20.8 Å². The number of nitrogens with zero attached hydrogens (tertiary/aromatic N) is 1. The van der Waals surface area contributed by atoms with Gasteiger partial charge in [-0.25, -0.2) is 13.4 Å².